The van der Waals surface area contributed by atoms with E-state index in [0.29, 0.717) is 0 Å². The van der Waals surface area contributed by atoms with Crippen molar-refractivity contribution < 1.29 is 4.74 Å². The quantitative estimate of drug-likeness (QED) is 0.571. The first kappa shape index (κ1) is 8.42. The van der Waals surface area contributed by atoms with E-state index in [1.165, 1.54) is 24.7 Å². The molecule has 1 aliphatic heterocycles. The van der Waals surface area contributed by atoms with E-state index < -0.39 is 0 Å². The van der Waals surface area contributed by atoms with Crippen molar-refractivity contribution in [2.24, 2.45) is 0 Å². The van der Waals surface area contributed by atoms with E-state index >= 15 is 0 Å². The Kier molecular flexibility index (Phi) is 4.64. The highest BCUT2D eigenvalue weighted by molar-refractivity contribution is 7.99. The molecule has 1 saturated heterocycles. The van der Waals surface area contributed by atoms with Crippen LogP contribution in [0, 0.1) is 0 Å². The molecule has 4 nitrogen and oxygen atoms in total. The average molecular weight is 171 g/mol. The molecule has 11 heavy (non-hydrogen) atoms. The van der Waals surface area contributed by atoms with E-state index in [4.69, 9.17) is 4.74 Å². The zero-order valence-corrected chi connectivity index (χ0v) is 6.83. The van der Waals surface area contributed by atoms with E-state index in [-0.39, 0.29) is 0 Å². The van der Waals surface area contributed by atoms with E-state index in [2.05, 4.69) is 15.0 Å². The van der Waals surface area contributed by atoms with Gasteiger partial charge in [-0.1, -0.05) is 0 Å². The largest absolute Gasteiger partial charge is 0.370 e. The highest BCUT2D eigenvalue weighted by atomic mass is 32.2. The first-order valence-electron chi connectivity index (χ1n) is 3.20. The van der Waals surface area contributed by atoms with Gasteiger partial charge >= 0.3 is 0 Å². The third kappa shape index (κ3) is 4.69. The normalized spacial score (nSPS) is 15.3. The van der Waals surface area contributed by atoms with Crippen LogP contribution in [0.25, 0.3) is 0 Å². The van der Waals surface area contributed by atoms with Crippen LogP contribution in [0.4, 0.5) is 0 Å². The summed E-state index contributed by atoms with van der Waals surface area (Å²) in [5.41, 5.74) is 0. The van der Waals surface area contributed by atoms with Crippen molar-refractivity contribution in [1.82, 2.24) is 15.0 Å². The molecule has 2 heterocycles. The Bertz CT molecular complexity index is 134. The minimum absolute atomic E-state index is 0.917. The highest BCUT2D eigenvalue weighted by Gasteiger charge is 1.94. The second-order valence-electron chi connectivity index (χ2n) is 1.73. The Morgan fingerprint density at radius 3 is 1.91 bits per heavy atom. The molecule has 0 amide bonds. The summed E-state index contributed by atoms with van der Waals surface area (Å²) in [6.45, 7) is 0.963. The summed E-state index contributed by atoms with van der Waals surface area (Å²) >= 11 is 1.85. The fraction of sp³-hybridized carbons (Fsp3) is 0.500. The zero-order valence-electron chi connectivity index (χ0n) is 6.01. The van der Waals surface area contributed by atoms with E-state index in [1.807, 2.05) is 11.8 Å². The molecule has 60 valence electrons. The average Bonchev–Trinajstić information content (AvgIpc) is 2.64. The van der Waals surface area contributed by atoms with Gasteiger partial charge in [-0.15, -0.1) is 11.8 Å². The zero-order chi connectivity index (χ0) is 7.78. The maximum absolute atomic E-state index is 4.91. The summed E-state index contributed by atoms with van der Waals surface area (Å²) in [4.78, 5) is 10.7. The van der Waals surface area contributed by atoms with Crippen LogP contribution in [0.5, 0.6) is 0 Å². The molecule has 2 rings (SSSR count). The lowest BCUT2D eigenvalue weighted by molar-refractivity contribution is 0.217. The smallest absolute Gasteiger partial charge is 0.119 e. The number of ether oxygens (including phenoxy) is 1. The first-order valence-corrected chi connectivity index (χ1v) is 4.36. The monoisotopic (exact) mass is 171 g/mol. The van der Waals surface area contributed by atoms with Gasteiger partial charge in [-0.05, 0) is 0 Å². The van der Waals surface area contributed by atoms with Crippen LogP contribution >= 0.6 is 11.8 Å². The van der Waals surface area contributed by atoms with Gasteiger partial charge in [-0.25, -0.2) is 15.0 Å². The van der Waals surface area contributed by atoms with Gasteiger partial charge in [0.25, 0.3) is 0 Å². The Morgan fingerprint density at radius 2 is 1.73 bits per heavy atom. The highest BCUT2D eigenvalue weighted by Crippen LogP contribution is 2.06. The van der Waals surface area contributed by atoms with Gasteiger partial charge in [0, 0.05) is 5.75 Å². The molecule has 0 radical (unpaired) electrons. The van der Waals surface area contributed by atoms with Gasteiger partial charge in [0.1, 0.15) is 19.0 Å². The number of aromatic nitrogens is 3. The van der Waals surface area contributed by atoms with Crippen LogP contribution in [-0.2, 0) is 4.74 Å². The first-order chi connectivity index (χ1) is 5.50. The van der Waals surface area contributed by atoms with Crippen LogP contribution in [0.1, 0.15) is 0 Å². The molecule has 0 unspecified atom stereocenters. The summed E-state index contributed by atoms with van der Waals surface area (Å²) in [6.07, 6.45) is 4.31. The maximum Gasteiger partial charge on any atom is 0.119 e. The van der Waals surface area contributed by atoms with Gasteiger partial charge in [0.15, 0.2) is 0 Å². The Balaban J connectivity index is 0.000000112. The van der Waals surface area contributed by atoms with Gasteiger partial charge in [0.2, 0.25) is 0 Å². The van der Waals surface area contributed by atoms with Crippen LogP contribution in [-0.4, -0.2) is 33.3 Å². The Labute approximate surface area is 69.4 Å². The van der Waals surface area contributed by atoms with Crippen molar-refractivity contribution in [3.05, 3.63) is 19.0 Å². The van der Waals surface area contributed by atoms with Crippen molar-refractivity contribution in [1.29, 1.82) is 0 Å². The van der Waals surface area contributed by atoms with Crippen molar-refractivity contribution >= 4 is 11.8 Å². The molecule has 0 aliphatic carbocycles. The van der Waals surface area contributed by atoms with Crippen molar-refractivity contribution in [2.75, 3.05) is 18.3 Å². The predicted octanol–water partition coefficient (Wildman–Crippen LogP) is 0.579. The summed E-state index contributed by atoms with van der Waals surface area (Å²) in [5.74, 6) is 2.11. The molecule has 1 fully saturated rings. The Morgan fingerprint density at radius 1 is 1.09 bits per heavy atom. The van der Waals surface area contributed by atoms with Gasteiger partial charge < -0.3 is 4.74 Å². The molecular formula is C6H9N3OS. The van der Waals surface area contributed by atoms with E-state index in [0.717, 1.165) is 12.5 Å². The predicted molar refractivity (Wildman–Crippen MR) is 43.1 cm³/mol. The van der Waals surface area contributed by atoms with Gasteiger partial charge in [-0.3, -0.25) is 0 Å². The molecule has 0 saturated carbocycles. The van der Waals surface area contributed by atoms with Crippen molar-refractivity contribution in [3.8, 4) is 0 Å². The third-order valence-electron chi connectivity index (χ3n) is 0.939. The maximum atomic E-state index is 4.91. The molecule has 0 bridgehead atoms. The van der Waals surface area contributed by atoms with E-state index in [1.54, 1.807) is 0 Å². The molecular weight excluding hydrogens is 162 g/mol. The summed E-state index contributed by atoms with van der Waals surface area (Å²) in [7, 11) is 0. The molecule has 1 aromatic rings. The van der Waals surface area contributed by atoms with Crippen LogP contribution in [0.2, 0.25) is 0 Å². The molecule has 0 spiro atoms. The molecule has 1 aliphatic rings. The minimum Gasteiger partial charge on any atom is -0.370 e. The lowest BCUT2D eigenvalue weighted by Gasteiger charge is -1.75. The lowest BCUT2D eigenvalue weighted by Crippen LogP contribution is -1.77. The van der Waals surface area contributed by atoms with Crippen LogP contribution < -0.4 is 0 Å². The SMILES string of the molecule is C1CSCO1.c1ncncn1. The number of thioether (sulfide) groups is 1. The molecule has 0 aromatic carbocycles. The van der Waals surface area contributed by atoms with Crippen LogP contribution in [0.3, 0.4) is 0 Å². The third-order valence-corrected chi connectivity index (χ3v) is 1.73. The fourth-order valence-electron chi connectivity index (χ4n) is 0.500. The van der Waals surface area contributed by atoms with E-state index in [9.17, 15) is 0 Å². The minimum atomic E-state index is 0.917. The second kappa shape index (κ2) is 6.06. The number of hydrogen-bond donors (Lipinski definition) is 0. The van der Waals surface area contributed by atoms with Crippen molar-refractivity contribution in [3.63, 3.8) is 0 Å². The van der Waals surface area contributed by atoms with Crippen LogP contribution in [0.15, 0.2) is 19.0 Å². The number of hydrogen-bond acceptors (Lipinski definition) is 5. The topological polar surface area (TPSA) is 47.9 Å². The number of nitrogens with zero attached hydrogens (tertiary/aromatic N) is 3. The Hall–Kier alpha value is -0.680. The summed E-state index contributed by atoms with van der Waals surface area (Å²) < 4.78 is 4.91. The second-order valence-corrected chi connectivity index (χ2v) is 2.78. The summed E-state index contributed by atoms with van der Waals surface area (Å²) in [6, 6.07) is 0. The molecule has 1 aromatic heterocycles. The standard InChI is InChI=1S/C3H3N3.C3H6OS/c1-4-2-6-3-5-1;1-2-5-3-4-1/h1-3H;1-3H2. The molecule has 0 N–H and O–H groups in total. The lowest BCUT2D eigenvalue weighted by atomic mass is 10.9. The summed E-state index contributed by atoms with van der Waals surface area (Å²) in [5, 5.41) is 0. The van der Waals surface area contributed by atoms with Crippen molar-refractivity contribution in [2.45, 2.75) is 0 Å². The van der Waals surface area contributed by atoms with Gasteiger partial charge in [0.05, 0.1) is 12.5 Å². The van der Waals surface area contributed by atoms with Gasteiger partial charge in [-0.2, -0.15) is 0 Å². The molecule has 0 atom stereocenters. The fourth-order valence-corrected chi connectivity index (χ4v) is 1.09. The molecule has 5 heteroatoms. The number of rotatable bonds is 0.